The molecule has 2 N–H and O–H groups in total. The third-order valence-corrected chi connectivity index (χ3v) is 5.36. The molecule has 1 aliphatic heterocycles. The Labute approximate surface area is 142 Å². The van der Waals surface area contributed by atoms with Gasteiger partial charge in [0.05, 0.1) is 17.0 Å². The van der Waals surface area contributed by atoms with Gasteiger partial charge in [-0.1, -0.05) is 60.7 Å². The second-order valence-corrected chi connectivity index (χ2v) is 7.03. The molecule has 0 radical (unpaired) electrons. The van der Waals surface area contributed by atoms with E-state index in [4.69, 9.17) is 0 Å². The Morgan fingerprint density at radius 3 is 1.62 bits per heavy atom. The summed E-state index contributed by atoms with van der Waals surface area (Å²) in [6.45, 7) is 3.83. The minimum Gasteiger partial charge on any atom is -0.481 e. The summed E-state index contributed by atoms with van der Waals surface area (Å²) < 4.78 is 0. The van der Waals surface area contributed by atoms with E-state index in [0.717, 1.165) is 11.1 Å². The fraction of sp³-hybridized carbons (Fsp3) is 0.350. The molecule has 2 atom stereocenters. The number of aliphatic carboxylic acids is 1. The highest BCUT2D eigenvalue weighted by molar-refractivity contribution is 5.70. The maximum absolute atomic E-state index is 11.8. The van der Waals surface area contributed by atoms with E-state index in [2.05, 4.69) is 0 Å². The summed E-state index contributed by atoms with van der Waals surface area (Å²) in [6, 6.07) is 19.3. The molecule has 0 bridgehead atoms. The van der Waals surface area contributed by atoms with Crippen LogP contribution in [0.3, 0.4) is 0 Å². The molecular formula is C20H23NO3. The predicted octanol–water partition coefficient (Wildman–Crippen LogP) is 4.00. The summed E-state index contributed by atoms with van der Waals surface area (Å²) in [5.41, 5.74) is 0.293. The lowest BCUT2D eigenvalue weighted by molar-refractivity contribution is -0.271. The summed E-state index contributed by atoms with van der Waals surface area (Å²) in [5.74, 6) is -1.34. The van der Waals surface area contributed by atoms with Gasteiger partial charge in [0.15, 0.2) is 0 Å². The monoisotopic (exact) mass is 325 g/mol. The number of hydrogen-bond acceptors (Lipinski definition) is 3. The van der Waals surface area contributed by atoms with Gasteiger partial charge >= 0.3 is 5.97 Å². The van der Waals surface area contributed by atoms with Gasteiger partial charge in [-0.25, -0.2) is 0 Å². The van der Waals surface area contributed by atoms with Crippen LogP contribution >= 0.6 is 0 Å². The number of benzene rings is 2. The summed E-state index contributed by atoms with van der Waals surface area (Å²) >= 11 is 0. The molecule has 1 heterocycles. The zero-order chi connectivity index (χ0) is 17.4. The van der Waals surface area contributed by atoms with E-state index < -0.39 is 23.0 Å². The minimum absolute atomic E-state index is 0.366. The average Bonchev–Trinajstić information content (AvgIpc) is 2.61. The van der Waals surface area contributed by atoms with Crippen molar-refractivity contribution in [1.29, 1.82) is 0 Å². The topological polar surface area (TPSA) is 60.8 Å². The molecule has 1 aliphatic rings. The Morgan fingerprint density at radius 1 is 0.917 bits per heavy atom. The van der Waals surface area contributed by atoms with E-state index in [-0.39, 0.29) is 0 Å². The number of hydrogen-bond donors (Lipinski definition) is 2. The van der Waals surface area contributed by atoms with Gasteiger partial charge in [-0.2, -0.15) is 5.06 Å². The Balaban J connectivity index is 2.12. The fourth-order valence-corrected chi connectivity index (χ4v) is 4.00. The number of carboxylic acids is 1. The van der Waals surface area contributed by atoms with Gasteiger partial charge in [0.1, 0.15) is 0 Å². The molecule has 0 spiro atoms. The molecule has 2 aromatic rings. The summed E-state index contributed by atoms with van der Waals surface area (Å²) in [6.07, 6.45) is 0.733. The van der Waals surface area contributed by atoms with Crippen molar-refractivity contribution in [3.8, 4) is 0 Å². The molecular weight excluding hydrogens is 302 g/mol. The molecule has 0 amide bonds. The first-order chi connectivity index (χ1) is 11.4. The van der Waals surface area contributed by atoms with Crippen molar-refractivity contribution >= 4 is 5.97 Å². The molecule has 0 aromatic heterocycles. The van der Waals surface area contributed by atoms with Gasteiger partial charge < -0.3 is 10.3 Å². The van der Waals surface area contributed by atoms with Crippen molar-refractivity contribution in [3.05, 3.63) is 71.8 Å². The van der Waals surface area contributed by atoms with Crippen LogP contribution in [0.4, 0.5) is 0 Å². The van der Waals surface area contributed by atoms with Gasteiger partial charge in [0, 0.05) is 0 Å². The summed E-state index contributed by atoms with van der Waals surface area (Å²) in [5, 5.41) is 22.2. The van der Waals surface area contributed by atoms with Crippen molar-refractivity contribution in [2.24, 2.45) is 5.92 Å². The first-order valence-electron chi connectivity index (χ1n) is 8.21. The number of rotatable bonds is 3. The number of carboxylic acid groups (broad SMARTS) is 1. The number of piperidine rings is 1. The Bertz CT molecular complexity index is 663. The first-order valence-corrected chi connectivity index (χ1v) is 8.21. The van der Waals surface area contributed by atoms with Gasteiger partial charge in [0.2, 0.25) is 0 Å². The minimum atomic E-state index is -0.813. The highest BCUT2D eigenvalue weighted by atomic mass is 16.5. The van der Waals surface area contributed by atoms with Crippen molar-refractivity contribution < 1.29 is 15.1 Å². The molecule has 24 heavy (non-hydrogen) atoms. The van der Waals surface area contributed by atoms with E-state index >= 15 is 0 Å². The molecule has 4 heteroatoms. The van der Waals surface area contributed by atoms with Crippen LogP contribution in [0, 0.1) is 5.92 Å². The second-order valence-electron chi connectivity index (χ2n) is 7.03. The van der Waals surface area contributed by atoms with E-state index in [0.29, 0.717) is 12.8 Å². The van der Waals surface area contributed by atoms with Crippen LogP contribution in [-0.4, -0.2) is 21.3 Å². The molecule has 2 aromatic carbocycles. The van der Waals surface area contributed by atoms with Crippen LogP contribution in [0.5, 0.6) is 0 Å². The van der Waals surface area contributed by atoms with Gasteiger partial charge in [0.25, 0.3) is 0 Å². The van der Waals surface area contributed by atoms with E-state index in [1.807, 2.05) is 74.5 Å². The zero-order valence-electron chi connectivity index (χ0n) is 14.0. The normalized spacial score (nSPS) is 30.9. The lowest BCUT2D eigenvalue weighted by atomic mass is 9.69. The Hall–Kier alpha value is -2.17. The molecule has 0 aliphatic carbocycles. The molecule has 1 fully saturated rings. The second kappa shape index (κ2) is 6.04. The van der Waals surface area contributed by atoms with E-state index in [1.165, 1.54) is 5.06 Å². The largest absolute Gasteiger partial charge is 0.481 e. The van der Waals surface area contributed by atoms with Gasteiger partial charge in [-0.05, 0) is 37.8 Å². The average molecular weight is 325 g/mol. The molecule has 4 nitrogen and oxygen atoms in total. The number of nitrogens with zero attached hydrogens (tertiary/aromatic N) is 1. The van der Waals surface area contributed by atoms with E-state index in [1.54, 1.807) is 0 Å². The van der Waals surface area contributed by atoms with E-state index in [9.17, 15) is 15.1 Å². The maximum atomic E-state index is 11.8. The lowest BCUT2D eigenvalue weighted by Crippen LogP contribution is -2.59. The molecule has 2 unspecified atom stereocenters. The molecule has 3 rings (SSSR count). The van der Waals surface area contributed by atoms with Crippen molar-refractivity contribution in [3.63, 3.8) is 0 Å². The smallest absolute Gasteiger partial charge is 0.306 e. The van der Waals surface area contributed by atoms with Crippen LogP contribution in [-0.2, 0) is 15.9 Å². The molecule has 126 valence electrons. The van der Waals surface area contributed by atoms with Gasteiger partial charge in [-0.3, -0.25) is 4.79 Å². The van der Waals surface area contributed by atoms with Crippen LogP contribution < -0.4 is 0 Å². The Morgan fingerprint density at radius 2 is 1.29 bits per heavy atom. The fourth-order valence-electron chi connectivity index (χ4n) is 4.00. The third kappa shape index (κ3) is 2.62. The number of hydroxylamine groups is 2. The summed E-state index contributed by atoms with van der Waals surface area (Å²) in [4.78, 5) is 11.8. The zero-order valence-corrected chi connectivity index (χ0v) is 14.0. The Kier molecular flexibility index (Phi) is 4.20. The summed E-state index contributed by atoms with van der Waals surface area (Å²) in [7, 11) is 0. The molecule has 0 saturated carbocycles. The van der Waals surface area contributed by atoms with Crippen LogP contribution in [0.25, 0.3) is 0 Å². The third-order valence-electron chi connectivity index (χ3n) is 5.36. The highest BCUT2D eigenvalue weighted by Gasteiger charge is 2.53. The number of carbonyl (C=O) groups is 1. The van der Waals surface area contributed by atoms with Crippen LogP contribution in [0.2, 0.25) is 0 Å². The molecule has 1 saturated heterocycles. The van der Waals surface area contributed by atoms with Crippen molar-refractivity contribution in [1.82, 2.24) is 5.06 Å². The van der Waals surface area contributed by atoms with Gasteiger partial charge in [-0.15, -0.1) is 0 Å². The van der Waals surface area contributed by atoms with Crippen LogP contribution in [0.15, 0.2) is 60.7 Å². The highest BCUT2D eigenvalue weighted by Crippen LogP contribution is 2.50. The quantitative estimate of drug-likeness (QED) is 0.895. The SMILES string of the molecule is CC1(c2ccccc2)CC(C(=O)O)CC(C)(c2ccccc2)N1O. The standard InChI is InChI=1S/C20H23NO3/c1-19(16-9-5-3-6-10-16)13-15(18(22)23)14-20(2,21(19)24)17-11-7-4-8-12-17/h3-12,15,24H,13-14H2,1-2H3,(H,22,23). The lowest BCUT2D eigenvalue weighted by Gasteiger charge is -2.54. The predicted molar refractivity (Wildman–Crippen MR) is 91.6 cm³/mol. The van der Waals surface area contributed by atoms with Crippen molar-refractivity contribution in [2.75, 3.05) is 0 Å². The maximum Gasteiger partial charge on any atom is 0.306 e. The first kappa shape index (κ1) is 16.7. The van der Waals surface area contributed by atoms with Crippen molar-refractivity contribution in [2.45, 2.75) is 37.8 Å². The van der Waals surface area contributed by atoms with Crippen LogP contribution in [0.1, 0.15) is 37.8 Å².